The summed E-state index contributed by atoms with van der Waals surface area (Å²) in [5.74, 6) is 0.109. The maximum absolute atomic E-state index is 13.3. The normalized spacial score (nSPS) is 14.8. The van der Waals surface area contributed by atoms with E-state index in [1.54, 1.807) is 11.3 Å². The van der Waals surface area contributed by atoms with E-state index in [-0.39, 0.29) is 5.91 Å². The Labute approximate surface area is 182 Å². The summed E-state index contributed by atoms with van der Waals surface area (Å²) in [6.45, 7) is 7.36. The summed E-state index contributed by atoms with van der Waals surface area (Å²) in [6, 6.07) is 16.4. The first-order valence-electron chi connectivity index (χ1n) is 10.8. The van der Waals surface area contributed by atoms with Crippen molar-refractivity contribution in [1.82, 2.24) is 9.88 Å². The second-order valence-electron chi connectivity index (χ2n) is 7.67. The van der Waals surface area contributed by atoms with Crippen molar-refractivity contribution in [3.63, 3.8) is 0 Å². The first kappa shape index (κ1) is 21.0. The van der Waals surface area contributed by atoms with E-state index in [1.165, 1.54) is 5.56 Å². The van der Waals surface area contributed by atoms with Crippen LogP contribution in [0.25, 0.3) is 10.2 Å². The Morgan fingerprint density at radius 1 is 1.13 bits per heavy atom. The van der Waals surface area contributed by atoms with E-state index >= 15 is 0 Å². The number of aryl methyl sites for hydroxylation is 1. The topological polar surface area (TPSA) is 45.7 Å². The van der Waals surface area contributed by atoms with Crippen LogP contribution in [0.2, 0.25) is 0 Å². The number of hydrogen-bond acceptors (Lipinski definition) is 5. The quantitative estimate of drug-likeness (QED) is 0.546. The highest BCUT2D eigenvalue weighted by molar-refractivity contribution is 7.22. The lowest BCUT2D eigenvalue weighted by Crippen LogP contribution is -2.39. The molecule has 1 amide bonds. The molecule has 0 saturated carbocycles. The molecule has 2 aromatic carbocycles. The van der Waals surface area contributed by atoms with Gasteiger partial charge in [0.1, 0.15) is 0 Å². The second kappa shape index (κ2) is 10.2. The molecule has 1 aromatic heterocycles. The van der Waals surface area contributed by atoms with Gasteiger partial charge in [0.25, 0.3) is 0 Å². The first-order valence-corrected chi connectivity index (χ1v) is 11.6. The number of ether oxygens (including phenoxy) is 1. The molecule has 30 heavy (non-hydrogen) atoms. The summed E-state index contributed by atoms with van der Waals surface area (Å²) >= 11 is 1.62. The van der Waals surface area contributed by atoms with E-state index in [1.807, 2.05) is 35.2 Å². The van der Waals surface area contributed by atoms with Gasteiger partial charge >= 0.3 is 0 Å². The maximum Gasteiger partial charge on any atom is 0.233 e. The van der Waals surface area contributed by atoms with Crippen LogP contribution in [0.15, 0.2) is 48.5 Å². The van der Waals surface area contributed by atoms with Crippen molar-refractivity contribution in [1.29, 1.82) is 0 Å². The number of hydrogen-bond donors (Lipinski definition) is 0. The molecule has 3 aromatic rings. The minimum Gasteiger partial charge on any atom is -0.379 e. The van der Waals surface area contributed by atoms with E-state index in [4.69, 9.17) is 9.72 Å². The molecule has 1 saturated heterocycles. The lowest BCUT2D eigenvalue weighted by atomic mass is 10.1. The van der Waals surface area contributed by atoms with Crippen molar-refractivity contribution in [3.05, 3.63) is 59.7 Å². The van der Waals surface area contributed by atoms with Gasteiger partial charge in [-0.15, -0.1) is 0 Å². The molecule has 6 heteroatoms. The zero-order chi connectivity index (χ0) is 20.8. The molecule has 0 aliphatic carbocycles. The highest BCUT2D eigenvalue weighted by Gasteiger charge is 2.21. The van der Waals surface area contributed by atoms with Crippen LogP contribution in [0.5, 0.6) is 0 Å². The molecule has 0 unspecified atom stereocenters. The van der Waals surface area contributed by atoms with Crippen molar-refractivity contribution >= 4 is 32.6 Å². The molecule has 0 radical (unpaired) electrons. The molecular formula is C24H29N3O2S. The van der Waals surface area contributed by atoms with Crippen LogP contribution in [-0.4, -0.2) is 55.2 Å². The lowest BCUT2D eigenvalue weighted by Gasteiger charge is -2.27. The predicted molar refractivity (Wildman–Crippen MR) is 123 cm³/mol. The van der Waals surface area contributed by atoms with Gasteiger partial charge in [0.15, 0.2) is 5.13 Å². The van der Waals surface area contributed by atoms with Crippen LogP contribution in [0, 0.1) is 0 Å². The Balaban J connectivity index is 1.51. The minimum absolute atomic E-state index is 0.109. The molecular weight excluding hydrogens is 394 g/mol. The number of aromatic nitrogens is 1. The molecule has 1 aliphatic rings. The number of amides is 1. The number of fused-ring (bicyclic) bond motifs is 1. The van der Waals surface area contributed by atoms with Crippen LogP contribution in [0.1, 0.15) is 24.5 Å². The molecule has 0 atom stereocenters. The average molecular weight is 424 g/mol. The minimum atomic E-state index is 0.109. The largest absolute Gasteiger partial charge is 0.379 e. The van der Waals surface area contributed by atoms with Crippen molar-refractivity contribution < 1.29 is 9.53 Å². The fraction of sp³-hybridized carbons (Fsp3) is 0.417. The smallest absolute Gasteiger partial charge is 0.233 e. The number of nitrogens with zero attached hydrogens (tertiary/aromatic N) is 3. The van der Waals surface area contributed by atoms with Gasteiger partial charge in [0, 0.05) is 26.2 Å². The molecule has 158 valence electrons. The molecule has 1 fully saturated rings. The van der Waals surface area contributed by atoms with E-state index < -0.39 is 0 Å². The standard InChI is InChI=1S/C24H29N3O2S/c1-2-19-9-10-21-22(17-19)30-24(25-21)27(12-6-11-26-13-15-29-16-14-26)23(28)18-20-7-4-3-5-8-20/h3-5,7-10,17H,2,6,11-16,18H2,1H3. The van der Waals surface area contributed by atoms with Gasteiger partial charge in [-0.1, -0.05) is 54.7 Å². The second-order valence-corrected chi connectivity index (χ2v) is 8.68. The molecule has 0 bridgehead atoms. The summed E-state index contributed by atoms with van der Waals surface area (Å²) in [5.41, 5.74) is 3.31. The van der Waals surface area contributed by atoms with Crippen molar-refractivity contribution in [3.8, 4) is 0 Å². The Hall–Kier alpha value is -2.28. The monoisotopic (exact) mass is 423 g/mol. The highest BCUT2D eigenvalue weighted by atomic mass is 32.1. The predicted octanol–water partition coefficient (Wildman–Crippen LogP) is 4.16. The summed E-state index contributed by atoms with van der Waals surface area (Å²) in [4.78, 5) is 22.4. The van der Waals surface area contributed by atoms with Gasteiger partial charge in [0.2, 0.25) is 5.91 Å². The van der Waals surface area contributed by atoms with Crippen LogP contribution < -0.4 is 4.90 Å². The molecule has 0 N–H and O–H groups in total. The van der Waals surface area contributed by atoms with E-state index in [9.17, 15) is 4.79 Å². The van der Waals surface area contributed by atoms with Crippen molar-refractivity contribution in [2.45, 2.75) is 26.2 Å². The van der Waals surface area contributed by atoms with E-state index in [2.05, 4.69) is 30.0 Å². The Morgan fingerprint density at radius 2 is 1.93 bits per heavy atom. The molecule has 1 aliphatic heterocycles. The molecule has 0 spiro atoms. The third-order valence-corrected chi connectivity index (χ3v) is 6.58. The van der Waals surface area contributed by atoms with Crippen LogP contribution >= 0.6 is 11.3 Å². The van der Waals surface area contributed by atoms with Crippen molar-refractivity contribution in [2.24, 2.45) is 0 Å². The fourth-order valence-electron chi connectivity index (χ4n) is 3.76. The van der Waals surface area contributed by atoms with E-state index in [0.29, 0.717) is 13.0 Å². The number of carbonyl (C=O) groups excluding carboxylic acids is 1. The zero-order valence-electron chi connectivity index (χ0n) is 17.5. The summed E-state index contributed by atoms with van der Waals surface area (Å²) in [5, 5.41) is 0.807. The lowest BCUT2D eigenvalue weighted by molar-refractivity contribution is -0.118. The number of benzene rings is 2. The SMILES string of the molecule is CCc1ccc2nc(N(CCCN3CCOCC3)C(=O)Cc3ccccc3)sc2c1. The van der Waals surface area contributed by atoms with Crippen LogP contribution in [-0.2, 0) is 22.4 Å². The Kier molecular flexibility index (Phi) is 7.10. The third kappa shape index (κ3) is 5.25. The third-order valence-electron chi connectivity index (χ3n) is 5.54. The van der Waals surface area contributed by atoms with Crippen molar-refractivity contribution in [2.75, 3.05) is 44.3 Å². The molecule has 5 nitrogen and oxygen atoms in total. The summed E-state index contributed by atoms with van der Waals surface area (Å²) in [6.07, 6.45) is 2.32. The van der Waals surface area contributed by atoms with Gasteiger partial charge in [-0.2, -0.15) is 0 Å². The zero-order valence-corrected chi connectivity index (χ0v) is 18.4. The van der Waals surface area contributed by atoms with Gasteiger partial charge in [-0.3, -0.25) is 14.6 Å². The highest BCUT2D eigenvalue weighted by Crippen LogP contribution is 2.30. The number of thiazole rings is 1. The Bertz CT molecular complexity index is 967. The number of morpholine rings is 1. The number of anilines is 1. The maximum atomic E-state index is 13.3. The number of carbonyl (C=O) groups is 1. The number of rotatable bonds is 8. The Morgan fingerprint density at radius 3 is 2.70 bits per heavy atom. The summed E-state index contributed by atoms with van der Waals surface area (Å²) < 4.78 is 6.59. The van der Waals surface area contributed by atoms with Gasteiger partial charge in [-0.05, 0) is 36.1 Å². The van der Waals surface area contributed by atoms with Crippen LogP contribution in [0.3, 0.4) is 0 Å². The first-order chi connectivity index (χ1) is 14.7. The van der Waals surface area contributed by atoms with Gasteiger partial charge < -0.3 is 4.74 Å². The summed E-state index contributed by atoms with van der Waals surface area (Å²) in [7, 11) is 0. The van der Waals surface area contributed by atoms with Crippen LogP contribution in [0.4, 0.5) is 5.13 Å². The average Bonchev–Trinajstić information content (AvgIpc) is 3.20. The molecule has 4 rings (SSSR count). The van der Waals surface area contributed by atoms with Gasteiger partial charge in [-0.25, -0.2) is 4.98 Å². The molecule has 2 heterocycles. The van der Waals surface area contributed by atoms with Gasteiger partial charge in [0.05, 0.1) is 29.9 Å². The van der Waals surface area contributed by atoms with E-state index in [0.717, 1.165) is 66.6 Å². The fourth-order valence-corrected chi connectivity index (χ4v) is 4.83.